The number of hydrogen-bond donors (Lipinski definition) is 0. The molecule has 5 nitrogen and oxygen atoms in total. The molecule has 1 aliphatic rings. The van der Waals surface area contributed by atoms with Crippen LogP contribution in [-0.4, -0.2) is 27.9 Å². The van der Waals surface area contributed by atoms with Gasteiger partial charge in [0.1, 0.15) is 0 Å². The predicted octanol–water partition coefficient (Wildman–Crippen LogP) is 4.20. The highest BCUT2D eigenvalue weighted by Crippen LogP contribution is 2.31. The number of nitrogens with zero attached hydrogens (tertiary/aromatic N) is 3. The van der Waals surface area contributed by atoms with Gasteiger partial charge >= 0.3 is 0 Å². The second kappa shape index (κ2) is 7.33. The molecule has 3 aromatic rings. The molecule has 1 unspecified atom stereocenters. The number of hydrogen-bond acceptors (Lipinski definition) is 5. The van der Waals surface area contributed by atoms with Gasteiger partial charge in [-0.2, -0.15) is 0 Å². The van der Waals surface area contributed by atoms with Crippen LogP contribution in [0.4, 0.5) is 5.69 Å². The van der Waals surface area contributed by atoms with Crippen molar-refractivity contribution < 1.29 is 9.21 Å². The summed E-state index contributed by atoms with van der Waals surface area (Å²) in [5.41, 5.74) is 3.12. The van der Waals surface area contributed by atoms with E-state index >= 15 is 0 Å². The average Bonchev–Trinajstić information content (AvgIpc) is 3.16. The first-order chi connectivity index (χ1) is 12.7. The molecule has 0 saturated carbocycles. The number of aryl methyl sites for hydroxylation is 1. The van der Waals surface area contributed by atoms with Gasteiger partial charge in [-0.25, -0.2) is 0 Å². The molecule has 0 fully saturated rings. The fourth-order valence-corrected chi connectivity index (χ4v) is 3.88. The summed E-state index contributed by atoms with van der Waals surface area (Å²) in [6, 6.07) is 17.7. The molecule has 1 amide bonds. The molecule has 26 heavy (non-hydrogen) atoms. The van der Waals surface area contributed by atoms with Crippen LogP contribution in [0.1, 0.15) is 18.9 Å². The highest BCUT2D eigenvalue weighted by molar-refractivity contribution is 8.00. The lowest BCUT2D eigenvalue weighted by Crippen LogP contribution is -2.40. The van der Waals surface area contributed by atoms with E-state index in [0.717, 1.165) is 30.6 Å². The Balaban J connectivity index is 1.48. The Morgan fingerprint density at radius 3 is 2.73 bits per heavy atom. The monoisotopic (exact) mass is 365 g/mol. The zero-order chi connectivity index (χ0) is 17.9. The van der Waals surface area contributed by atoms with E-state index < -0.39 is 0 Å². The Labute approximate surface area is 156 Å². The maximum atomic E-state index is 13.0. The highest BCUT2D eigenvalue weighted by Gasteiger charge is 2.28. The molecule has 1 aliphatic heterocycles. The minimum Gasteiger partial charge on any atom is -0.411 e. The number of benzene rings is 2. The summed E-state index contributed by atoms with van der Waals surface area (Å²) in [4.78, 5) is 14.8. The Kier molecular flexibility index (Phi) is 4.75. The summed E-state index contributed by atoms with van der Waals surface area (Å²) in [5.74, 6) is 0.540. The third-order valence-electron chi connectivity index (χ3n) is 4.43. The number of fused-ring (bicyclic) bond motifs is 1. The second-order valence-electron chi connectivity index (χ2n) is 6.22. The van der Waals surface area contributed by atoms with Crippen LogP contribution in [0.5, 0.6) is 0 Å². The molecule has 0 aliphatic carbocycles. The van der Waals surface area contributed by atoms with Crippen LogP contribution in [0.2, 0.25) is 0 Å². The molecular formula is C20H19N3O2S. The molecule has 0 bridgehead atoms. The van der Waals surface area contributed by atoms with Crippen molar-refractivity contribution in [2.75, 3.05) is 11.4 Å². The number of amides is 1. The third-order valence-corrected chi connectivity index (χ3v) is 5.35. The minimum absolute atomic E-state index is 0.0709. The van der Waals surface area contributed by atoms with E-state index in [9.17, 15) is 4.79 Å². The van der Waals surface area contributed by atoms with E-state index in [1.54, 1.807) is 0 Å². The summed E-state index contributed by atoms with van der Waals surface area (Å²) >= 11 is 1.30. The van der Waals surface area contributed by atoms with Gasteiger partial charge in [0.25, 0.3) is 5.22 Å². The fraction of sp³-hybridized carbons (Fsp3) is 0.250. The molecule has 132 valence electrons. The van der Waals surface area contributed by atoms with Crippen molar-refractivity contribution in [3.8, 4) is 11.5 Å². The smallest absolute Gasteiger partial charge is 0.277 e. The summed E-state index contributed by atoms with van der Waals surface area (Å²) in [6.07, 6.45) is 2.00. The molecule has 0 saturated heterocycles. The van der Waals surface area contributed by atoms with Crippen LogP contribution >= 0.6 is 11.8 Å². The Morgan fingerprint density at radius 2 is 1.88 bits per heavy atom. The lowest BCUT2D eigenvalue weighted by atomic mass is 10.0. The quantitative estimate of drug-likeness (QED) is 0.649. The molecule has 0 spiro atoms. The average molecular weight is 365 g/mol. The van der Waals surface area contributed by atoms with Gasteiger partial charge in [-0.1, -0.05) is 48.2 Å². The first-order valence-electron chi connectivity index (χ1n) is 8.67. The van der Waals surface area contributed by atoms with Crippen LogP contribution < -0.4 is 4.90 Å². The van der Waals surface area contributed by atoms with Crippen molar-refractivity contribution in [1.29, 1.82) is 0 Å². The van der Waals surface area contributed by atoms with E-state index in [4.69, 9.17) is 4.42 Å². The molecule has 0 N–H and O–H groups in total. The van der Waals surface area contributed by atoms with Gasteiger partial charge in [-0.05, 0) is 43.5 Å². The predicted molar refractivity (Wildman–Crippen MR) is 102 cm³/mol. The first kappa shape index (κ1) is 16.8. The number of para-hydroxylation sites is 1. The standard InChI is InChI=1S/C20H19N3O2S/c1-14(19(24)23-13-7-11-15-8-5-6-12-17(15)23)26-20-22-21-18(25-20)16-9-3-2-4-10-16/h2-6,8-10,12,14H,7,11,13H2,1H3. The molecule has 2 heterocycles. The zero-order valence-electron chi connectivity index (χ0n) is 14.5. The molecule has 1 atom stereocenters. The number of carbonyl (C=O) groups excluding carboxylic acids is 1. The molecular weight excluding hydrogens is 346 g/mol. The van der Waals surface area contributed by atoms with Crippen LogP contribution in [-0.2, 0) is 11.2 Å². The van der Waals surface area contributed by atoms with E-state index in [-0.39, 0.29) is 11.2 Å². The normalized spacial score (nSPS) is 14.7. The summed E-state index contributed by atoms with van der Waals surface area (Å²) < 4.78 is 5.72. The lowest BCUT2D eigenvalue weighted by Gasteiger charge is -2.31. The van der Waals surface area contributed by atoms with Crippen LogP contribution in [0, 0.1) is 0 Å². The van der Waals surface area contributed by atoms with Gasteiger partial charge in [-0.3, -0.25) is 4.79 Å². The molecule has 2 aromatic carbocycles. The topological polar surface area (TPSA) is 59.2 Å². The second-order valence-corrected chi connectivity index (χ2v) is 7.51. The summed E-state index contributed by atoms with van der Waals surface area (Å²) in [5, 5.41) is 8.28. The number of anilines is 1. The maximum Gasteiger partial charge on any atom is 0.277 e. The first-order valence-corrected chi connectivity index (χ1v) is 9.55. The van der Waals surface area contributed by atoms with Crippen LogP contribution in [0.3, 0.4) is 0 Å². The maximum absolute atomic E-state index is 13.0. The van der Waals surface area contributed by atoms with E-state index in [0.29, 0.717) is 11.1 Å². The SMILES string of the molecule is CC(Sc1nnc(-c2ccccc2)o1)C(=O)N1CCCc2ccccc21. The summed E-state index contributed by atoms with van der Waals surface area (Å²) in [7, 11) is 0. The van der Waals surface area contributed by atoms with Gasteiger partial charge in [0.2, 0.25) is 11.8 Å². The van der Waals surface area contributed by atoms with Crippen molar-refractivity contribution in [1.82, 2.24) is 10.2 Å². The van der Waals surface area contributed by atoms with Crippen LogP contribution in [0.15, 0.2) is 64.2 Å². The Hall–Kier alpha value is -2.60. The van der Waals surface area contributed by atoms with E-state index in [2.05, 4.69) is 16.3 Å². The van der Waals surface area contributed by atoms with E-state index in [1.165, 1.54) is 17.3 Å². The fourth-order valence-electron chi connectivity index (χ4n) is 3.14. The molecule has 0 radical (unpaired) electrons. The van der Waals surface area contributed by atoms with Crippen molar-refractivity contribution in [2.24, 2.45) is 0 Å². The van der Waals surface area contributed by atoms with Crippen molar-refractivity contribution >= 4 is 23.4 Å². The van der Waals surface area contributed by atoms with Gasteiger partial charge < -0.3 is 9.32 Å². The van der Waals surface area contributed by atoms with Crippen LogP contribution in [0.25, 0.3) is 11.5 Å². The van der Waals surface area contributed by atoms with Gasteiger partial charge in [-0.15, -0.1) is 10.2 Å². The number of carbonyl (C=O) groups is 1. The third kappa shape index (κ3) is 3.37. The van der Waals surface area contributed by atoms with Gasteiger partial charge in [0.05, 0.1) is 5.25 Å². The molecule has 6 heteroatoms. The van der Waals surface area contributed by atoms with Crippen molar-refractivity contribution in [2.45, 2.75) is 30.2 Å². The van der Waals surface area contributed by atoms with Crippen molar-refractivity contribution in [3.05, 3.63) is 60.2 Å². The number of aromatic nitrogens is 2. The van der Waals surface area contributed by atoms with E-state index in [1.807, 2.05) is 60.4 Å². The zero-order valence-corrected chi connectivity index (χ0v) is 15.3. The van der Waals surface area contributed by atoms with Gasteiger partial charge in [0.15, 0.2) is 0 Å². The number of rotatable bonds is 4. The van der Waals surface area contributed by atoms with Crippen molar-refractivity contribution in [3.63, 3.8) is 0 Å². The molecule has 4 rings (SSSR count). The van der Waals surface area contributed by atoms with Gasteiger partial charge in [0, 0.05) is 17.8 Å². The Bertz CT molecular complexity index is 910. The summed E-state index contributed by atoms with van der Waals surface area (Å²) in [6.45, 7) is 2.64. The lowest BCUT2D eigenvalue weighted by molar-refractivity contribution is -0.117. The minimum atomic E-state index is -0.301. The number of thioether (sulfide) groups is 1. The largest absolute Gasteiger partial charge is 0.411 e. The molecule has 1 aromatic heterocycles. The highest BCUT2D eigenvalue weighted by atomic mass is 32.2. The Morgan fingerprint density at radius 1 is 1.12 bits per heavy atom.